The van der Waals surface area contributed by atoms with Gasteiger partial charge in [-0.15, -0.1) is 0 Å². The number of nitrogens with zero attached hydrogens (tertiary/aromatic N) is 8. The maximum absolute atomic E-state index is 14.4. The predicted molar refractivity (Wildman–Crippen MR) is 181 cm³/mol. The van der Waals surface area contributed by atoms with Crippen LogP contribution in [0.5, 0.6) is 5.75 Å². The van der Waals surface area contributed by atoms with Crippen molar-refractivity contribution in [1.82, 2.24) is 29.4 Å². The lowest BCUT2D eigenvalue weighted by atomic mass is 10.1. The molecule has 2 aliphatic heterocycles. The van der Waals surface area contributed by atoms with E-state index in [2.05, 4.69) is 20.3 Å². The van der Waals surface area contributed by atoms with Crippen molar-refractivity contribution in [1.29, 1.82) is 0 Å². The first-order valence-corrected chi connectivity index (χ1v) is 16.6. The van der Waals surface area contributed by atoms with Crippen molar-refractivity contribution in [2.45, 2.75) is 58.8 Å². The Kier molecular flexibility index (Phi) is 9.57. The number of aryl methyl sites for hydroxylation is 1. The van der Waals surface area contributed by atoms with Crippen molar-refractivity contribution in [3.8, 4) is 5.75 Å². The molecule has 6 rings (SSSR count). The zero-order chi connectivity index (χ0) is 35.9. The number of pyridine rings is 1. The Balaban J connectivity index is 1.37. The van der Waals surface area contributed by atoms with Crippen molar-refractivity contribution in [3.63, 3.8) is 0 Å². The lowest BCUT2D eigenvalue weighted by Gasteiger charge is -2.41. The molecular weight excluding hydrogens is 679 g/mol. The molecule has 0 bridgehead atoms. The highest BCUT2D eigenvalue weighted by atomic mass is 35.5. The summed E-state index contributed by atoms with van der Waals surface area (Å²) in [4.78, 5) is 64.1. The van der Waals surface area contributed by atoms with Gasteiger partial charge in [-0.05, 0) is 51.3 Å². The maximum atomic E-state index is 14.4. The molecule has 2 fully saturated rings. The van der Waals surface area contributed by atoms with Gasteiger partial charge in [0.15, 0.2) is 22.6 Å². The zero-order valence-corrected chi connectivity index (χ0v) is 28.3. The quantitative estimate of drug-likeness (QED) is 0.282. The molecule has 0 spiro atoms. The number of carbonyl (C=O) groups excluding carboxylic acids is 2. The molecule has 0 saturated carbocycles. The molecule has 0 aliphatic carbocycles. The van der Waals surface area contributed by atoms with E-state index in [9.17, 15) is 32.7 Å². The first-order valence-electron chi connectivity index (χ1n) is 16.2. The molecule has 3 aromatic heterocycles. The molecule has 17 heteroatoms. The van der Waals surface area contributed by atoms with E-state index in [4.69, 9.17) is 16.6 Å². The Hall–Kier alpha value is -4.99. The number of fused-ring (bicyclic) bond motifs is 1. The summed E-state index contributed by atoms with van der Waals surface area (Å²) in [7, 11) is 0. The van der Waals surface area contributed by atoms with Crippen LogP contribution in [-0.2, 0) is 23.9 Å². The van der Waals surface area contributed by atoms with Gasteiger partial charge >= 0.3 is 6.18 Å². The fourth-order valence-corrected chi connectivity index (χ4v) is 6.75. The van der Waals surface area contributed by atoms with E-state index < -0.39 is 23.6 Å². The number of hydrogen-bond acceptors (Lipinski definition) is 10. The molecule has 1 unspecified atom stereocenters. The number of amides is 2. The fourth-order valence-electron chi connectivity index (χ4n) is 6.52. The second-order valence-electron chi connectivity index (χ2n) is 12.3. The van der Waals surface area contributed by atoms with Crippen molar-refractivity contribution >= 4 is 51.8 Å². The Morgan fingerprint density at radius 2 is 1.84 bits per heavy atom. The molecule has 13 nitrogen and oxygen atoms in total. The van der Waals surface area contributed by atoms with Crippen LogP contribution in [0.25, 0.3) is 11.2 Å². The topological polar surface area (TPSA) is 150 Å². The number of carbonyl (C=O) groups is 2. The Labute approximate surface area is 289 Å². The van der Waals surface area contributed by atoms with Crippen LogP contribution in [0, 0.1) is 6.92 Å². The van der Waals surface area contributed by atoms with Gasteiger partial charge in [0.1, 0.15) is 24.4 Å². The van der Waals surface area contributed by atoms with Gasteiger partial charge in [0.2, 0.25) is 11.3 Å². The lowest BCUT2D eigenvalue weighted by Crippen LogP contribution is -2.55. The van der Waals surface area contributed by atoms with Crippen molar-refractivity contribution in [2.24, 2.45) is 0 Å². The number of piperazine rings is 1. The smallest absolute Gasteiger partial charge is 0.416 e. The molecule has 2 amide bonds. The monoisotopic (exact) mass is 713 g/mol. The number of nitrogens with one attached hydrogen (secondary N) is 1. The SMILES string of the molecule is CCc1c(N2CCN(C(=O)c3ncnc(C)c3O)CC2C)c(=O)c2nc(N3CCCC3)cnc2n1CC(=O)Nc1ccc(C(F)(F)F)cc1Cl. The molecule has 1 atom stereocenters. The minimum Gasteiger partial charge on any atom is -0.504 e. The molecule has 50 heavy (non-hydrogen) atoms. The van der Waals surface area contributed by atoms with E-state index in [1.54, 1.807) is 22.6 Å². The summed E-state index contributed by atoms with van der Waals surface area (Å²) < 4.78 is 41.2. The third-order valence-electron chi connectivity index (χ3n) is 9.07. The van der Waals surface area contributed by atoms with E-state index in [1.807, 2.05) is 23.6 Å². The van der Waals surface area contributed by atoms with Crippen LogP contribution in [0.3, 0.4) is 0 Å². The minimum absolute atomic E-state index is 0.00461. The minimum atomic E-state index is -4.60. The predicted octanol–water partition coefficient (Wildman–Crippen LogP) is 4.42. The zero-order valence-electron chi connectivity index (χ0n) is 27.6. The Morgan fingerprint density at radius 3 is 2.50 bits per heavy atom. The number of hydrogen-bond donors (Lipinski definition) is 2. The average molecular weight is 714 g/mol. The number of aromatic nitrogens is 5. The molecule has 4 aromatic rings. The van der Waals surface area contributed by atoms with E-state index in [0.29, 0.717) is 23.6 Å². The second kappa shape index (κ2) is 13.7. The third kappa shape index (κ3) is 6.63. The van der Waals surface area contributed by atoms with Crippen LogP contribution in [0.15, 0.2) is 35.5 Å². The molecule has 2 aliphatic rings. The summed E-state index contributed by atoms with van der Waals surface area (Å²) in [5, 5.41) is 12.7. The molecule has 264 valence electrons. The lowest BCUT2D eigenvalue weighted by molar-refractivity contribution is -0.137. The molecule has 1 aromatic carbocycles. The van der Waals surface area contributed by atoms with Crippen molar-refractivity contribution < 1.29 is 27.9 Å². The molecule has 2 N–H and O–H groups in total. The van der Waals surface area contributed by atoms with Crippen LogP contribution in [-0.4, -0.2) is 85.1 Å². The first kappa shape index (κ1) is 34.9. The summed E-state index contributed by atoms with van der Waals surface area (Å²) in [6.07, 6.45) is 0.445. The number of alkyl halides is 3. The average Bonchev–Trinajstić information content (AvgIpc) is 3.63. The van der Waals surface area contributed by atoms with Crippen LogP contribution >= 0.6 is 11.6 Å². The summed E-state index contributed by atoms with van der Waals surface area (Å²) in [6.45, 7) is 7.11. The number of rotatable bonds is 7. The van der Waals surface area contributed by atoms with Crippen LogP contribution in [0.1, 0.15) is 54.1 Å². The van der Waals surface area contributed by atoms with Gasteiger partial charge in [-0.1, -0.05) is 18.5 Å². The number of halogens is 4. The van der Waals surface area contributed by atoms with E-state index >= 15 is 0 Å². The summed E-state index contributed by atoms with van der Waals surface area (Å²) in [5.41, 5.74) is -0.101. The Bertz CT molecular complexity index is 2030. The highest BCUT2D eigenvalue weighted by Gasteiger charge is 2.34. The molecule has 0 radical (unpaired) electrons. The summed E-state index contributed by atoms with van der Waals surface area (Å²) in [6, 6.07) is 2.28. The van der Waals surface area contributed by atoms with Crippen LogP contribution in [0.2, 0.25) is 5.02 Å². The van der Waals surface area contributed by atoms with Gasteiger partial charge in [0, 0.05) is 44.5 Å². The van der Waals surface area contributed by atoms with Gasteiger partial charge < -0.3 is 29.7 Å². The van der Waals surface area contributed by atoms with E-state index in [0.717, 1.165) is 44.1 Å². The van der Waals surface area contributed by atoms with Gasteiger partial charge in [0.05, 0.1) is 28.2 Å². The number of benzene rings is 1. The highest BCUT2D eigenvalue weighted by Crippen LogP contribution is 2.34. The first-order chi connectivity index (χ1) is 23.8. The van der Waals surface area contributed by atoms with Crippen LogP contribution < -0.4 is 20.5 Å². The molecule has 5 heterocycles. The van der Waals surface area contributed by atoms with Crippen molar-refractivity contribution in [2.75, 3.05) is 47.8 Å². The van der Waals surface area contributed by atoms with E-state index in [-0.39, 0.29) is 76.7 Å². The molecular formula is C33H35ClF3N9O4. The third-order valence-corrected chi connectivity index (χ3v) is 9.39. The normalized spacial score (nSPS) is 16.7. The molecule has 2 saturated heterocycles. The number of aromatic hydroxyl groups is 1. The number of anilines is 3. The Morgan fingerprint density at radius 1 is 1.10 bits per heavy atom. The van der Waals surface area contributed by atoms with Crippen molar-refractivity contribution in [3.05, 3.63) is 68.6 Å². The van der Waals surface area contributed by atoms with Gasteiger partial charge in [-0.2, -0.15) is 13.2 Å². The maximum Gasteiger partial charge on any atom is 0.416 e. The summed E-state index contributed by atoms with van der Waals surface area (Å²) >= 11 is 6.12. The summed E-state index contributed by atoms with van der Waals surface area (Å²) in [5.74, 6) is -0.822. The van der Waals surface area contributed by atoms with Crippen LogP contribution in [0.4, 0.5) is 30.4 Å². The highest BCUT2D eigenvalue weighted by molar-refractivity contribution is 6.33. The van der Waals surface area contributed by atoms with Gasteiger partial charge in [-0.25, -0.2) is 19.9 Å². The largest absolute Gasteiger partial charge is 0.504 e. The second-order valence-corrected chi connectivity index (χ2v) is 12.8. The standard InChI is InChI=1S/C33H35ClF3N9O4/c1-4-23-28(45-12-11-44(15-18(45)2)32(50)27-29(48)19(3)39-17-40-27)30(49)26-31(38-14-24(42-26)43-9-5-6-10-43)46(23)16-25(47)41-22-8-7-20(13-21(22)34)33(35,36)37/h7-8,13-14,17-18,48H,4-6,9-12,15-16H2,1-3H3,(H,41,47). The van der Waals surface area contributed by atoms with Gasteiger partial charge in [-0.3, -0.25) is 14.4 Å². The van der Waals surface area contributed by atoms with Gasteiger partial charge in [0.25, 0.3) is 5.91 Å². The van der Waals surface area contributed by atoms with E-state index in [1.165, 1.54) is 6.33 Å². The fraction of sp³-hybridized carbons (Fsp3) is 0.424.